The average molecular weight is 366 g/mol. The monoisotopic (exact) mass is 365 g/mol. The minimum atomic E-state index is 0. The van der Waals surface area contributed by atoms with E-state index in [4.69, 9.17) is 0 Å². The number of anilines is 1. The molecular formula is C19H28ClN3O2. The Kier molecular flexibility index (Phi) is 7.26. The van der Waals surface area contributed by atoms with Crippen molar-refractivity contribution in [3.8, 4) is 0 Å². The molecule has 0 aliphatic carbocycles. The van der Waals surface area contributed by atoms with Gasteiger partial charge in [0.1, 0.15) is 0 Å². The maximum atomic E-state index is 12.7. The quantitative estimate of drug-likeness (QED) is 0.865. The molecule has 0 radical (unpaired) electrons. The molecule has 2 amide bonds. The first-order valence-corrected chi connectivity index (χ1v) is 9.01. The topological polar surface area (TPSA) is 61.4 Å². The van der Waals surface area contributed by atoms with Gasteiger partial charge in [-0.25, -0.2) is 0 Å². The van der Waals surface area contributed by atoms with Crippen LogP contribution < -0.4 is 10.6 Å². The van der Waals surface area contributed by atoms with E-state index in [9.17, 15) is 9.59 Å². The molecule has 2 N–H and O–H groups in total. The van der Waals surface area contributed by atoms with Gasteiger partial charge in [-0.3, -0.25) is 9.59 Å². The van der Waals surface area contributed by atoms with Crippen LogP contribution in [-0.4, -0.2) is 42.4 Å². The number of hydrogen-bond acceptors (Lipinski definition) is 3. The summed E-state index contributed by atoms with van der Waals surface area (Å²) in [4.78, 5) is 27.0. The number of carbonyl (C=O) groups excluding carboxylic acids is 2. The van der Waals surface area contributed by atoms with Crippen LogP contribution in [0.1, 0.15) is 32.6 Å². The average Bonchev–Trinajstić information content (AvgIpc) is 2.62. The largest absolute Gasteiger partial charge is 0.342 e. The Morgan fingerprint density at radius 3 is 2.40 bits per heavy atom. The third-order valence-corrected chi connectivity index (χ3v) is 5.19. The first-order chi connectivity index (χ1) is 11.6. The first-order valence-electron chi connectivity index (χ1n) is 9.01. The zero-order valence-corrected chi connectivity index (χ0v) is 15.6. The summed E-state index contributed by atoms with van der Waals surface area (Å²) in [5, 5.41) is 6.37. The predicted octanol–water partition coefficient (Wildman–Crippen LogP) is 2.67. The molecule has 2 aliphatic heterocycles. The molecule has 3 rings (SSSR count). The molecule has 2 aliphatic rings. The van der Waals surface area contributed by atoms with Crippen LogP contribution in [0.3, 0.4) is 0 Å². The van der Waals surface area contributed by atoms with Crippen LogP contribution in [-0.2, 0) is 9.59 Å². The molecule has 0 aromatic heterocycles. The third kappa shape index (κ3) is 5.19. The fourth-order valence-electron chi connectivity index (χ4n) is 3.74. The molecule has 0 saturated carbocycles. The molecule has 5 nitrogen and oxygen atoms in total. The Bertz CT molecular complexity index is 573. The molecule has 6 heteroatoms. The summed E-state index contributed by atoms with van der Waals surface area (Å²) < 4.78 is 0. The van der Waals surface area contributed by atoms with Crippen molar-refractivity contribution >= 4 is 29.9 Å². The van der Waals surface area contributed by atoms with Crippen molar-refractivity contribution in [1.29, 1.82) is 0 Å². The van der Waals surface area contributed by atoms with E-state index >= 15 is 0 Å². The van der Waals surface area contributed by atoms with Gasteiger partial charge in [0, 0.05) is 36.7 Å². The highest BCUT2D eigenvalue weighted by Gasteiger charge is 2.32. The Balaban J connectivity index is 0.00000225. The fraction of sp³-hybridized carbons (Fsp3) is 0.579. The smallest absolute Gasteiger partial charge is 0.227 e. The molecule has 0 unspecified atom stereocenters. The molecule has 0 bridgehead atoms. The minimum Gasteiger partial charge on any atom is -0.342 e. The minimum absolute atomic E-state index is 0. The highest BCUT2D eigenvalue weighted by Crippen LogP contribution is 2.24. The number of carbonyl (C=O) groups is 2. The number of nitrogens with zero attached hydrogens (tertiary/aromatic N) is 1. The van der Waals surface area contributed by atoms with Gasteiger partial charge in [0.25, 0.3) is 0 Å². The lowest BCUT2D eigenvalue weighted by atomic mass is 9.90. The third-order valence-electron chi connectivity index (χ3n) is 5.19. The van der Waals surface area contributed by atoms with Crippen LogP contribution in [0.15, 0.2) is 30.3 Å². The summed E-state index contributed by atoms with van der Waals surface area (Å²) in [5.74, 6) is 0.506. The number of rotatable bonds is 3. The van der Waals surface area contributed by atoms with Gasteiger partial charge in [0.15, 0.2) is 0 Å². The van der Waals surface area contributed by atoms with E-state index in [1.807, 2.05) is 35.2 Å². The first kappa shape index (κ1) is 19.7. The number of amides is 2. The van der Waals surface area contributed by atoms with E-state index in [-0.39, 0.29) is 36.1 Å². The van der Waals surface area contributed by atoms with Crippen molar-refractivity contribution < 1.29 is 9.59 Å². The summed E-state index contributed by atoms with van der Waals surface area (Å²) in [5.41, 5.74) is 0.838. The van der Waals surface area contributed by atoms with Gasteiger partial charge < -0.3 is 15.5 Å². The van der Waals surface area contributed by atoms with Gasteiger partial charge in [-0.2, -0.15) is 0 Å². The van der Waals surface area contributed by atoms with Gasteiger partial charge in [-0.15, -0.1) is 12.4 Å². The molecule has 138 valence electrons. The lowest BCUT2D eigenvalue weighted by Crippen LogP contribution is -2.47. The van der Waals surface area contributed by atoms with Crippen LogP contribution in [0.5, 0.6) is 0 Å². The summed E-state index contributed by atoms with van der Waals surface area (Å²) >= 11 is 0. The number of hydrogen-bond donors (Lipinski definition) is 2. The van der Waals surface area contributed by atoms with Crippen molar-refractivity contribution in [3.63, 3.8) is 0 Å². The van der Waals surface area contributed by atoms with E-state index in [2.05, 4.69) is 17.6 Å². The SMILES string of the molecule is C[C@H]1C[C@@H](C(=O)N2CCC(C(=O)Nc3ccccc3)CC2)CCN1.Cl. The zero-order chi connectivity index (χ0) is 16.9. The molecule has 25 heavy (non-hydrogen) atoms. The normalized spacial score (nSPS) is 24.3. The summed E-state index contributed by atoms with van der Waals surface area (Å²) in [7, 11) is 0. The van der Waals surface area contributed by atoms with Crippen molar-refractivity contribution in [2.45, 2.75) is 38.6 Å². The second-order valence-electron chi connectivity index (χ2n) is 7.03. The lowest BCUT2D eigenvalue weighted by Gasteiger charge is -2.36. The maximum absolute atomic E-state index is 12.7. The second kappa shape index (κ2) is 9.20. The number of nitrogens with one attached hydrogen (secondary N) is 2. The van der Waals surface area contributed by atoms with Gasteiger partial charge in [-0.1, -0.05) is 18.2 Å². The zero-order valence-electron chi connectivity index (χ0n) is 14.7. The number of halogens is 1. The number of para-hydroxylation sites is 1. The van der Waals surface area contributed by atoms with Crippen molar-refractivity contribution in [3.05, 3.63) is 30.3 Å². The number of piperidine rings is 2. The maximum Gasteiger partial charge on any atom is 0.227 e. The van der Waals surface area contributed by atoms with Gasteiger partial charge in [0.05, 0.1) is 0 Å². The summed E-state index contributed by atoms with van der Waals surface area (Å²) in [6.45, 7) is 4.46. The second-order valence-corrected chi connectivity index (χ2v) is 7.03. The van der Waals surface area contributed by atoms with Crippen molar-refractivity contribution in [2.75, 3.05) is 25.0 Å². The van der Waals surface area contributed by atoms with E-state index in [1.165, 1.54) is 0 Å². The van der Waals surface area contributed by atoms with Crippen LogP contribution >= 0.6 is 12.4 Å². The molecule has 2 saturated heterocycles. The summed E-state index contributed by atoms with van der Waals surface area (Å²) in [6.07, 6.45) is 3.36. The van der Waals surface area contributed by atoms with Crippen LogP contribution in [0, 0.1) is 11.8 Å². The molecule has 2 heterocycles. The molecule has 0 spiro atoms. The van der Waals surface area contributed by atoms with E-state index in [0.717, 1.165) is 37.9 Å². The van der Waals surface area contributed by atoms with Gasteiger partial charge >= 0.3 is 0 Å². The van der Waals surface area contributed by atoms with E-state index in [0.29, 0.717) is 19.1 Å². The van der Waals surface area contributed by atoms with Gasteiger partial charge in [0.2, 0.25) is 11.8 Å². The lowest BCUT2D eigenvalue weighted by molar-refractivity contribution is -0.139. The van der Waals surface area contributed by atoms with Crippen LogP contribution in [0.25, 0.3) is 0 Å². The van der Waals surface area contributed by atoms with E-state index < -0.39 is 0 Å². The molecule has 2 fully saturated rings. The van der Waals surface area contributed by atoms with Crippen LogP contribution in [0.2, 0.25) is 0 Å². The Hall–Kier alpha value is -1.59. The molecule has 1 aromatic carbocycles. The predicted molar refractivity (Wildman–Crippen MR) is 102 cm³/mol. The van der Waals surface area contributed by atoms with Crippen molar-refractivity contribution in [1.82, 2.24) is 10.2 Å². The fourth-order valence-corrected chi connectivity index (χ4v) is 3.74. The molecular weight excluding hydrogens is 338 g/mol. The van der Waals surface area contributed by atoms with Gasteiger partial charge in [-0.05, 0) is 51.3 Å². The Morgan fingerprint density at radius 2 is 1.76 bits per heavy atom. The van der Waals surface area contributed by atoms with Crippen molar-refractivity contribution in [2.24, 2.45) is 11.8 Å². The molecule has 1 aromatic rings. The molecule has 2 atom stereocenters. The highest BCUT2D eigenvalue weighted by atomic mass is 35.5. The Morgan fingerprint density at radius 1 is 1.08 bits per heavy atom. The van der Waals surface area contributed by atoms with Crippen LogP contribution in [0.4, 0.5) is 5.69 Å². The summed E-state index contributed by atoms with van der Waals surface area (Å²) in [6, 6.07) is 9.97. The highest BCUT2D eigenvalue weighted by molar-refractivity contribution is 5.92. The number of likely N-dealkylation sites (tertiary alicyclic amines) is 1. The standard InChI is InChI=1S/C19H27N3O2.ClH/c1-14-13-16(7-10-20-14)19(24)22-11-8-15(9-12-22)18(23)21-17-5-3-2-4-6-17;/h2-6,14-16,20H,7-13H2,1H3,(H,21,23);1H/t14-,16-;/m0./s1. The number of benzene rings is 1. The Labute approximate surface area is 155 Å². The van der Waals surface area contributed by atoms with E-state index in [1.54, 1.807) is 0 Å².